The predicted octanol–water partition coefficient (Wildman–Crippen LogP) is 4.18. The molecule has 0 aliphatic heterocycles. The molecule has 2 amide bonds. The minimum Gasteiger partial charge on any atom is -0.492 e. The molecule has 6 heteroatoms. The molecule has 0 radical (unpaired) electrons. The van der Waals surface area contributed by atoms with Gasteiger partial charge in [-0.15, -0.1) is 0 Å². The Kier molecular flexibility index (Phi) is 6.82. The van der Waals surface area contributed by atoms with E-state index < -0.39 is 11.7 Å². The normalized spacial score (nSPS) is 10.8. The summed E-state index contributed by atoms with van der Waals surface area (Å²) in [6.07, 6.45) is -0.559. The Morgan fingerprint density at radius 3 is 2.41 bits per heavy atom. The summed E-state index contributed by atoms with van der Waals surface area (Å²) >= 11 is 0. The van der Waals surface area contributed by atoms with Crippen molar-refractivity contribution < 1.29 is 19.1 Å². The van der Waals surface area contributed by atoms with Gasteiger partial charge in [0.2, 0.25) is 0 Å². The number of anilines is 1. The molecule has 0 aliphatic carbocycles. The van der Waals surface area contributed by atoms with Crippen molar-refractivity contribution in [2.24, 2.45) is 0 Å². The molecule has 2 aromatic rings. The Bertz CT molecular complexity index is 769. The van der Waals surface area contributed by atoms with Crippen LogP contribution in [0, 0.1) is 0 Å². The van der Waals surface area contributed by atoms with E-state index in [1.165, 1.54) is 0 Å². The van der Waals surface area contributed by atoms with E-state index in [0.717, 1.165) is 5.75 Å². The van der Waals surface area contributed by atoms with Crippen molar-refractivity contribution in [1.29, 1.82) is 0 Å². The van der Waals surface area contributed by atoms with E-state index in [1.54, 1.807) is 57.0 Å². The highest BCUT2D eigenvalue weighted by Crippen LogP contribution is 2.15. The molecular formula is C21H26N2O4. The van der Waals surface area contributed by atoms with Crippen LogP contribution in [0.2, 0.25) is 0 Å². The number of para-hydroxylation sites is 1. The summed E-state index contributed by atoms with van der Waals surface area (Å²) in [4.78, 5) is 26.0. The molecule has 0 saturated carbocycles. The van der Waals surface area contributed by atoms with Gasteiger partial charge in [-0.3, -0.25) is 10.1 Å². The number of nitrogens with one attached hydrogen (secondary N) is 1. The van der Waals surface area contributed by atoms with Crippen LogP contribution in [0.25, 0.3) is 0 Å². The molecule has 0 heterocycles. The highest BCUT2D eigenvalue weighted by Gasteiger charge is 2.17. The van der Waals surface area contributed by atoms with Gasteiger partial charge >= 0.3 is 6.09 Å². The van der Waals surface area contributed by atoms with Crippen LogP contribution in [0.3, 0.4) is 0 Å². The van der Waals surface area contributed by atoms with E-state index >= 15 is 0 Å². The molecule has 2 rings (SSSR count). The number of benzene rings is 2. The Labute approximate surface area is 160 Å². The lowest BCUT2D eigenvalue weighted by atomic mass is 10.1. The van der Waals surface area contributed by atoms with Gasteiger partial charge in [0.15, 0.2) is 0 Å². The molecule has 0 unspecified atom stereocenters. The molecule has 2 aromatic carbocycles. The van der Waals surface area contributed by atoms with Crippen LogP contribution < -0.4 is 10.1 Å². The topological polar surface area (TPSA) is 67.9 Å². The van der Waals surface area contributed by atoms with Gasteiger partial charge in [-0.05, 0) is 51.1 Å². The number of carbonyl (C=O) groups is 2. The van der Waals surface area contributed by atoms with Crippen molar-refractivity contribution in [2.45, 2.75) is 26.4 Å². The Morgan fingerprint density at radius 2 is 1.74 bits per heavy atom. The average Bonchev–Trinajstić information content (AvgIpc) is 2.60. The molecule has 6 nitrogen and oxygen atoms in total. The first-order valence-electron chi connectivity index (χ1n) is 8.78. The van der Waals surface area contributed by atoms with Crippen molar-refractivity contribution in [3.05, 3.63) is 60.2 Å². The molecule has 0 aromatic heterocycles. The van der Waals surface area contributed by atoms with Crippen LogP contribution in [-0.2, 0) is 4.74 Å². The van der Waals surface area contributed by atoms with Crippen molar-refractivity contribution in [3.63, 3.8) is 0 Å². The Hall–Kier alpha value is -3.02. The highest BCUT2D eigenvalue weighted by atomic mass is 16.6. The van der Waals surface area contributed by atoms with E-state index in [9.17, 15) is 9.59 Å². The molecule has 27 heavy (non-hydrogen) atoms. The van der Waals surface area contributed by atoms with Crippen LogP contribution in [-0.4, -0.2) is 42.7 Å². The number of likely N-dealkylation sites (N-methyl/N-ethyl adjacent to an activating group) is 1. The number of rotatable bonds is 6. The second-order valence-corrected chi connectivity index (χ2v) is 7.10. The fourth-order valence-corrected chi connectivity index (χ4v) is 2.29. The predicted molar refractivity (Wildman–Crippen MR) is 105 cm³/mol. The smallest absolute Gasteiger partial charge is 0.412 e. The van der Waals surface area contributed by atoms with Gasteiger partial charge in [0.05, 0.1) is 6.54 Å². The third kappa shape index (κ3) is 7.01. The van der Waals surface area contributed by atoms with Crippen molar-refractivity contribution in [2.75, 3.05) is 25.5 Å². The fraction of sp³-hybridized carbons (Fsp3) is 0.333. The molecule has 0 atom stereocenters. The summed E-state index contributed by atoms with van der Waals surface area (Å²) in [5.74, 6) is 0.612. The van der Waals surface area contributed by atoms with Gasteiger partial charge in [-0.1, -0.05) is 24.3 Å². The summed E-state index contributed by atoms with van der Waals surface area (Å²) < 4.78 is 10.8. The molecule has 1 N–H and O–H groups in total. The van der Waals surface area contributed by atoms with Crippen LogP contribution in [0.15, 0.2) is 54.6 Å². The summed E-state index contributed by atoms with van der Waals surface area (Å²) in [5, 5.41) is 2.64. The summed E-state index contributed by atoms with van der Waals surface area (Å²) in [6.45, 7) is 6.20. The Balaban J connectivity index is 1.90. The second kappa shape index (κ2) is 9.07. The third-order valence-electron chi connectivity index (χ3n) is 3.54. The van der Waals surface area contributed by atoms with Gasteiger partial charge in [0, 0.05) is 18.3 Å². The van der Waals surface area contributed by atoms with Crippen LogP contribution >= 0.6 is 0 Å². The van der Waals surface area contributed by atoms with Gasteiger partial charge in [0.1, 0.15) is 18.0 Å². The second-order valence-electron chi connectivity index (χ2n) is 7.10. The van der Waals surface area contributed by atoms with Crippen LogP contribution in [0.4, 0.5) is 10.5 Å². The lowest BCUT2D eigenvalue weighted by Crippen LogP contribution is -2.31. The first-order chi connectivity index (χ1) is 12.7. The highest BCUT2D eigenvalue weighted by molar-refractivity contribution is 5.96. The molecular weight excluding hydrogens is 344 g/mol. The number of hydrogen-bond donors (Lipinski definition) is 1. The van der Waals surface area contributed by atoms with Crippen LogP contribution in [0.5, 0.6) is 5.75 Å². The maximum Gasteiger partial charge on any atom is 0.412 e. The fourth-order valence-electron chi connectivity index (χ4n) is 2.29. The monoisotopic (exact) mass is 370 g/mol. The molecule has 0 aliphatic rings. The average molecular weight is 370 g/mol. The number of nitrogens with zero attached hydrogens (tertiary/aromatic N) is 1. The number of hydrogen-bond acceptors (Lipinski definition) is 4. The lowest BCUT2D eigenvalue weighted by Gasteiger charge is -2.20. The zero-order valence-electron chi connectivity index (χ0n) is 16.2. The van der Waals surface area contributed by atoms with E-state index in [2.05, 4.69) is 5.32 Å². The minimum atomic E-state index is -0.587. The maximum atomic E-state index is 12.6. The van der Waals surface area contributed by atoms with Crippen molar-refractivity contribution in [1.82, 2.24) is 4.90 Å². The minimum absolute atomic E-state index is 0.153. The summed E-state index contributed by atoms with van der Waals surface area (Å²) in [6, 6.07) is 16.2. The standard InChI is InChI=1S/C21H26N2O4/c1-21(2,3)27-20(25)22-17-10-8-9-16(15-17)19(24)23(4)13-14-26-18-11-6-5-7-12-18/h5-12,15H,13-14H2,1-4H3,(H,22,25). The molecule has 144 valence electrons. The molecule has 0 bridgehead atoms. The zero-order chi connectivity index (χ0) is 19.9. The largest absolute Gasteiger partial charge is 0.492 e. The van der Waals surface area contributed by atoms with Gasteiger partial charge in [0.25, 0.3) is 5.91 Å². The molecule has 0 saturated heterocycles. The summed E-state index contributed by atoms with van der Waals surface area (Å²) in [7, 11) is 1.71. The first kappa shape index (κ1) is 20.3. The van der Waals surface area contributed by atoms with Crippen molar-refractivity contribution >= 4 is 17.7 Å². The van der Waals surface area contributed by atoms with Crippen molar-refractivity contribution in [3.8, 4) is 5.75 Å². The van der Waals surface area contributed by atoms with E-state index in [4.69, 9.17) is 9.47 Å². The number of amides is 2. The van der Waals surface area contributed by atoms with Gasteiger partial charge < -0.3 is 14.4 Å². The SMILES string of the molecule is CN(CCOc1ccccc1)C(=O)c1cccc(NC(=O)OC(C)(C)C)c1. The lowest BCUT2D eigenvalue weighted by molar-refractivity contribution is 0.0635. The molecule has 0 fully saturated rings. The number of carbonyl (C=O) groups excluding carboxylic acids is 2. The third-order valence-corrected chi connectivity index (χ3v) is 3.54. The number of ether oxygens (including phenoxy) is 2. The van der Waals surface area contributed by atoms with E-state index in [1.807, 2.05) is 30.3 Å². The maximum absolute atomic E-state index is 12.6. The van der Waals surface area contributed by atoms with Crippen LogP contribution in [0.1, 0.15) is 31.1 Å². The Morgan fingerprint density at radius 1 is 1.04 bits per heavy atom. The first-order valence-corrected chi connectivity index (χ1v) is 8.78. The van der Waals surface area contributed by atoms with Gasteiger partial charge in [-0.2, -0.15) is 0 Å². The van der Waals surface area contributed by atoms with E-state index in [-0.39, 0.29) is 5.91 Å². The van der Waals surface area contributed by atoms with E-state index in [0.29, 0.717) is 24.4 Å². The van der Waals surface area contributed by atoms with Gasteiger partial charge in [-0.25, -0.2) is 4.79 Å². The molecule has 0 spiro atoms. The zero-order valence-corrected chi connectivity index (χ0v) is 16.2. The summed E-state index contributed by atoms with van der Waals surface area (Å²) in [5.41, 5.74) is 0.394. The quantitative estimate of drug-likeness (QED) is 0.828.